The van der Waals surface area contributed by atoms with Gasteiger partial charge in [0.25, 0.3) is 10.0 Å². The molecule has 0 amide bonds. The molecule has 8 heteroatoms. The van der Waals surface area contributed by atoms with E-state index < -0.39 is 16.1 Å². The van der Waals surface area contributed by atoms with Gasteiger partial charge in [-0.15, -0.1) is 11.3 Å². The van der Waals surface area contributed by atoms with E-state index in [9.17, 15) is 8.42 Å². The zero-order valence-corrected chi connectivity index (χ0v) is 12.1. The molecule has 0 bridgehead atoms. The first-order valence-electron chi connectivity index (χ1n) is 5.56. The lowest BCUT2D eigenvalue weighted by atomic mass is 10.4. The number of sulfonamides is 1. The smallest absolute Gasteiger partial charge is 0.250 e. The van der Waals surface area contributed by atoms with Gasteiger partial charge in [-0.2, -0.15) is 4.72 Å². The zero-order chi connectivity index (χ0) is 14.0. The Morgan fingerprint density at radius 2 is 2.26 bits per heavy atom. The van der Waals surface area contributed by atoms with Crippen molar-refractivity contribution in [1.82, 2.24) is 9.71 Å². The Morgan fingerprint density at radius 1 is 1.53 bits per heavy atom. The number of aromatic nitrogens is 1. The molecule has 0 saturated carbocycles. The molecule has 0 aromatic carbocycles. The van der Waals surface area contributed by atoms with E-state index >= 15 is 0 Å². The minimum absolute atomic E-state index is 0.159. The van der Waals surface area contributed by atoms with Gasteiger partial charge in [-0.25, -0.2) is 13.4 Å². The molecule has 2 N–H and O–H groups in total. The van der Waals surface area contributed by atoms with Crippen molar-refractivity contribution in [3.05, 3.63) is 34.9 Å². The fourth-order valence-electron chi connectivity index (χ4n) is 1.50. The molecule has 0 radical (unpaired) electrons. The van der Waals surface area contributed by atoms with E-state index in [0.717, 1.165) is 11.3 Å². The van der Waals surface area contributed by atoms with Crippen LogP contribution in [-0.4, -0.2) is 18.5 Å². The maximum absolute atomic E-state index is 12.1. The molecule has 2 rings (SSSR count). The van der Waals surface area contributed by atoms with Crippen molar-refractivity contribution in [2.45, 2.75) is 30.7 Å². The lowest BCUT2D eigenvalue weighted by Crippen LogP contribution is -2.26. The standard InChI is InChI=1S/C11H14N2O4S2/c1-7-5-12-11(17-7)8(2)13-19(15,16)10-4-3-9(6-14)18-10/h3-5,8,13-14H,6H2,1-2H3. The Balaban J connectivity index is 2.17. The maximum atomic E-state index is 12.1. The summed E-state index contributed by atoms with van der Waals surface area (Å²) in [6.45, 7) is 3.22. The lowest BCUT2D eigenvalue weighted by Gasteiger charge is -2.09. The van der Waals surface area contributed by atoms with Crippen molar-refractivity contribution in [2.75, 3.05) is 0 Å². The summed E-state index contributed by atoms with van der Waals surface area (Å²) in [7, 11) is -3.63. The van der Waals surface area contributed by atoms with E-state index in [-0.39, 0.29) is 10.8 Å². The van der Waals surface area contributed by atoms with Gasteiger partial charge < -0.3 is 9.52 Å². The number of hydrogen-bond acceptors (Lipinski definition) is 6. The quantitative estimate of drug-likeness (QED) is 0.874. The summed E-state index contributed by atoms with van der Waals surface area (Å²) in [5.41, 5.74) is 0. The van der Waals surface area contributed by atoms with Gasteiger partial charge in [0.05, 0.1) is 18.8 Å². The number of nitrogens with zero attached hydrogens (tertiary/aromatic N) is 1. The number of nitrogens with one attached hydrogen (secondary N) is 1. The highest BCUT2D eigenvalue weighted by Crippen LogP contribution is 2.23. The summed E-state index contributed by atoms with van der Waals surface area (Å²) in [6.07, 6.45) is 1.54. The Morgan fingerprint density at radius 3 is 2.79 bits per heavy atom. The van der Waals surface area contributed by atoms with Gasteiger partial charge in [0.15, 0.2) is 0 Å². The third-order valence-electron chi connectivity index (χ3n) is 2.40. The van der Waals surface area contributed by atoms with Crippen molar-refractivity contribution in [2.24, 2.45) is 0 Å². The molecule has 0 spiro atoms. The van der Waals surface area contributed by atoms with E-state index in [1.54, 1.807) is 19.9 Å². The van der Waals surface area contributed by atoms with E-state index in [2.05, 4.69) is 9.71 Å². The molecule has 0 aliphatic carbocycles. The monoisotopic (exact) mass is 302 g/mol. The van der Waals surface area contributed by atoms with Gasteiger partial charge in [-0.3, -0.25) is 0 Å². The molecule has 0 saturated heterocycles. The minimum atomic E-state index is -3.63. The lowest BCUT2D eigenvalue weighted by molar-refractivity contribution is 0.285. The second-order valence-corrected chi connectivity index (χ2v) is 7.14. The zero-order valence-electron chi connectivity index (χ0n) is 10.5. The molecule has 2 heterocycles. The summed E-state index contributed by atoms with van der Waals surface area (Å²) < 4.78 is 32.1. The van der Waals surface area contributed by atoms with Crippen LogP contribution >= 0.6 is 11.3 Å². The molecule has 2 aromatic rings. The van der Waals surface area contributed by atoms with Gasteiger partial charge >= 0.3 is 0 Å². The molecule has 19 heavy (non-hydrogen) atoms. The van der Waals surface area contributed by atoms with Gasteiger partial charge in [0.2, 0.25) is 5.89 Å². The summed E-state index contributed by atoms with van der Waals surface area (Å²) >= 11 is 1.03. The fraction of sp³-hybridized carbons (Fsp3) is 0.364. The van der Waals surface area contributed by atoms with Crippen LogP contribution in [0.25, 0.3) is 0 Å². The third kappa shape index (κ3) is 3.21. The number of aryl methyl sites for hydroxylation is 1. The number of aliphatic hydroxyl groups is 1. The van der Waals surface area contributed by atoms with Crippen LogP contribution in [-0.2, 0) is 16.6 Å². The second kappa shape index (κ2) is 5.41. The van der Waals surface area contributed by atoms with E-state index in [0.29, 0.717) is 16.5 Å². The predicted molar refractivity (Wildman–Crippen MR) is 70.2 cm³/mol. The number of thiophene rings is 1. The molecule has 0 aliphatic rings. The van der Waals surface area contributed by atoms with Crippen LogP contribution in [0.2, 0.25) is 0 Å². The molecular formula is C11H14N2O4S2. The Labute approximate surface area is 115 Å². The van der Waals surface area contributed by atoms with Crippen LogP contribution in [0.4, 0.5) is 0 Å². The minimum Gasteiger partial charge on any atom is -0.444 e. The highest BCUT2D eigenvalue weighted by molar-refractivity contribution is 7.91. The Bertz CT molecular complexity index is 660. The van der Waals surface area contributed by atoms with Crippen molar-refractivity contribution in [3.63, 3.8) is 0 Å². The van der Waals surface area contributed by atoms with Gasteiger partial charge in [-0.1, -0.05) is 0 Å². The normalized spacial score (nSPS) is 13.6. The molecule has 1 unspecified atom stereocenters. The highest BCUT2D eigenvalue weighted by atomic mass is 32.2. The van der Waals surface area contributed by atoms with Crippen molar-refractivity contribution >= 4 is 21.4 Å². The number of hydrogen-bond donors (Lipinski definition) is 2. The SMILES string of the molecule is Cc1cnc(C(C)NS(=O)(=O)c2ccc(CO)s2)o1. The van der Waals surface area contributed by atoms with E-state index in [1.165, 1.54) is 12.3 Å². The van der Waals surface area contributed by atoms with E-state index in [4.69, 9.17) is 9.52 Å². The van der Waals surface area contributed by atoms with Crippen LogP contribution in [0.3, 0.4) is 0 Å². The molecule has 2 aromatic heterocycles. The molecular weight excluding hydrogens is 288 g/mol. The van der Waals surface area contributed by atoms with Crippen LogP contribution in [0.1, 0.15) is 29.5 Å². The predicted octanol–water partition coefficient (Wildman–Crippen LogP) is 1.58. The Kier molecular flexibility index (Phi) is 4.04. The third-order valence-corrected chi connectivity index (χ3v) is 5.50. The molecule has 6 nitrogen and oxygen atoms in total. The van der Waals surface area contributed by atoms with Gasteiger partial charge in [-0.05, 0) is 26.0 Å². The van der Waals surface area contributed by atoms with E-state index in [1.807, 2.05) is 0 Å². The summed E-state index contributed by atoms with van der Waals surface area (Å²) in [6, 6.07) is 2.49. The van der Waals surface area contributed by atoms with Crippen LogP contribution < -0.4 is 4.72 Å². The number of aliphatic hydroxyl groups excluding tert-OH is 1. The topological polar surface area (TPSA) is 92.4 Å². The van der Waals surface area contributed by atoms with Gasteiger partial charge in [0.1, 0.15) is 9.97 Å². The average molecular weight is 302 g/mol. The summed E-state index contributed by atoms with van der Waals surface area (Å²) in [5.74, 6) is 0.944. The summed E-state index contributed by atoms with van der Waals surface area (Å²) in [4.78, 5) is 4.58. The highest BCUT2D eigenvalue weighted by Gasteiger charge is 2.22. The number of rotatable bonds is 5. The van der Waals surface area contributed by atoms with Crippen molar-refractivity contribution in [1.29, 1.82) is 0 Å². The van der Waals surface area contributed by atoms with Crippen molar-refractivity contribution in [3.8, 4) is 0 Å². The molecule has 104 valence electrons. The first-order chi connectivity index (χ1) is 8.92. The van der Waals surface area contributed by atoms with Crippen LogP contribution in [0.5, 0.6) is 0 Å². The number of oxazole rings is 1. The first kappa shape index (κ1) is 14.2. The van der Waals surface area contributed by atoms with Crippen molar-refractivity contribution < 1.29 is 17.9 Å². The Hall–Kier alpha value is -1.22. The molecule has 0 fully saturated rings. The van der Waals surface area contributed by atoms with Crippen LogP contribution in [0, 0.1) is 6.92 Å². The molecule has 0 aliphatic heterocycles. The second-order valence-electron chi connectivity index (χ2n) is 4.03. The summed E-state index contributed by atoms with van der Waals surface area (Å²) in [5, 5.41) is 8.95. The van der Waals surface area contributed by atoms with Crippen LogP contribution in [0.15, 0.2) is 27.0 Å². The fourth-order valence-corrected chi connectivity index (χ4v) is 3.93. The largest absolute Gasteiger partial charge is 0.444 e. The molecule has 1 atom stereocenters. The average Bonchev–Trinajstić information content (AvgIpc) is 2.96. The van der Waals surface area contributed by atoms with Gasteiger partial charge in [0, 0.05) is 4.88 Å². The first-order valence-corrected chi connectivity index (χ1v) is 7.86. The maximum Gasteiger partial charge on any atom is 0.250 e.